The number of methoxy groups -OCH3 is 1. The van der Waals surface area contributed by atoms with Crippen molar-refractivity contribution in [2.75, 3.05) is 58.7 Å². The van der Waals surface area contributed by atoms with Crippen LogP contribution in [0.5, 0.6) is 5.75 Å². The maximum absolute atomic E-state index is 5.21. The lowest BCUT2D eigenvalue weighted by atomic mass is 10.2. The van der Waals surface area contributed by atoms with Crippen LogP contribution in [0, 0.1) is 0 Å². The third kappa shape index (κ3) is 4.73. The number of likely N-dealkylation sites (N-methyl/N-ethyl adjacent to an activating group) is 1. The van der Waals surface area contributed by atoms with Crippen LogP contribution in [-0.2, 0) is 0 Å². The van der Waals surface area contributed by atoms with Crippen LogP contribution in [0.1, 0.15) is 6.42 Å². The zero-order chi connectivity index (χ0) is 13.5. The third-order valence-corrected chi connectivity index (χ3v) is 3.65. The van der Waals surface area contributed by atoms with Crippen molar-refractivity contribution in [1.29, 1.82) is 0 Å². The predicted octanol–water partition coefficient (Wildman–Crippen LogP) is 1.74. The molecule has 1 aromatic carbocycles. The highest BCUT2D eigenvalue weighted by Gasteiger charge is 2.12. The first-order chi connectivity index (χ1) is 9.28. The van der Waals surface area contributed by atoms with Gasteiger partial charge in [0.05, 0.1) is 7.11 Å². The molecule has 4 heteroatoms. The van der Waals surface area contributed by atoms with Crippen molar-refractivity contribution in [3.8, 4) is 5.75 Å². The first-order valence-electron chi connectivity index (χ1n) is 7.07. The van der Waals surface area contributed by atoms with E-state index < -0.39 is 0 Å². The number of rotatable bonds is 6. The highest BCUT2D eigenvalue weighted by Crippen LogP contribution is 2.16. The molecule has 1 aliphatic heterocycles. The van der Waals surface area contributed by atoms with Crippen molar-refractivity contribution in [3.05, 3.63) is 24.3 Å². The Kier molecular flexibility index (Phi) is 5.48. The van der Waals surface area contributed by atoms with Crippen LogP contribution in [0.25, 0.3) is 0 Å². The fraction of sp³-hybridized carbons (Fsp3) is 0.600. The predicted molar refractivity (Wildman–Crippen MR) is 80.0 cm³/mol. The van der Waals surface area contributed by atoms with Crippen LogP contribution >= 0.6 is 0 Å². The van der Waals surface area contributed by atoms with Crippen LogP contribution in [0.3, 0.4) is 0 Å². The molecule has 1 aromatic rings. The van der Waals surface area contributed by atoms with Gasteiger partial charge in [0.2, 0.25) is 0 Å². The number of hydrogen-bond donors (Lipinski definition) is 1. The van der Waals surface area contributed by atoms with Crippen molar-refractivity contribution in [2.24, 2.45) is 0 Å². The molecule has 4 nitrogen and oxygen atoms in total. The molecular formula is C15H25N3O. The molecule has 0 amide bonds. The monoisotopic (exact) mass is 263 g/mol. The minimum absolute atomic E-state index is 0.907. The summed E-state index contributed by atoms with van der Waals surface area (Å²) < 4.78 is 5.21. The summed E-state index contributed by atoms with van der Waals surface area (Å²) in [4.78, 5) is 4.94. The number of hydrogen-bond acceptors (Lipinski definition) is 4. The lowest BCUT2D eigenvalue weighted by Crippen LogP contribution is -2.44. The van der Waals surface area contributed by atoms with Gasteiger partial charge in [-0.05, 0) is 32.1 Å². The Balaban J connectivity index is 1.63. The first kappa shape index (κ1) is 14.2. The van der Waals surface area contributed by atoms with E-state index in [0.717, 1.165) is 18.0 Å². The minimum atomic E-state index is 0.907. The summed E-state index contributed by atoms with van der Waals surface area (Å²) in [5.41, 5.74) is 1.14. The van der Waals surface area contributed by atoms with Crippen LogP contribution in [-0.4, -0.2) is 63.2 Å². The molecule has 2 rings (SSSR count). The van der Waals surface area contributed by atoms with Gasteiger partial charge in [-0.3, -0.25) is 0 Å². The molecule has 1 saturated heterocycles. The SMILES string of the molecule is COc1cccc(NCCCN2CCN(C)CC2)c1. The average Bonchev–Trinajstić information content (AvgIpc) is 2.46. The van der Waals surface area contributed by atoms with Crippen LogP contribution in [0.2, 0.25) is 0 Å². The van der Waals surface area contributed by atoms with Crippen molar-refractivity contribution >= 4 is 5.69 Å². The minimum Gasteiger partial charge on any atom is -0.497 e. The van der Waals surface area contributed by atoms with E-state index in [1.165, 1.54) is 39.1 Å². The average molecular weight is 263 g/mol. The van der Waals surface area contributed by atoms with Gasteiger partial charge in [-0.25, -0.2) is 0 Å². The molecule has 19 heavy (non-hydrogen) atoms. The lowest BCUT2D eigenvalue weighted by molar-refractivity contribution is 0.154. The molecule has 0 aromatic heterocycles. The van der Waals surface area contributed by atoms with Gasteiger partial charge in [0.15, 0.2) is 0 Å². The van der Waals surface area contributed by atoms with Gasteiger partial charge in [0, 0.05) is 44.5 Å². The fourth-order valence-corrected chi connectivity index (χ4v) is 2.34. The van der Waals surface area contributed by atoms with E-state index in [1.54, 1.807) is 7.11 Å². The van der Waals surface area contributed by atoms with E-state index in [4.69, 9.17) is 4.74 Å². The second-order valence-corrected chi connectivity index (χ2v) is 5.16. The zero-order valence-electron chi connectivity index (χ0n) is 12.1. The van der Waals surface area contributed by atoms with Crippen LogP contribution < -0.4 is 10.1 Å². The lowest BCUT2D eigenvalue weighted by Gasteiger charge is -2.32. The molecule has 1 aliphatic rings. The topological polar surface area (TPSA) is 27.7 Å². The molecule has 0 spiro atoms. The number of benzene rings is 1. The van der Waals surface area contributed by atoms with Crippen LogP contribution in [0.4, 0.5) is 5.69 Å². The molecule has 1 N–H and O–H groups in total. The van der Waals surface area contributed by atoms with Gasteiger partial charge in [0.1, 0.15) is 5.75 Å². The van der Waals surface area contributed by atoms with Gasteiger partial charge >= 0.3 is 0 Å². The summed E-state index contributed by atoms with van der Waals surface area (Å²) in [6.45, 7) is 7.00. The highest BCUT2D eigenvalue weighted by molar-refractivity contribution is 5.47. The number of anilines is 1. The molecule has 1 fully saturated rings. The summed E-state index contributed by atoms with van der Waals surface area (Å²) in [5.74, 6) is 0.907. The van der Waals surface area contributed by atoms with Crippen LogP contribution in [0.15, 0.2) is 24.3 Å². The Hall–Kier alpha value is -1.26. The van der Waals surface area contributed by atoms with E-state index in [1.807, 2.05) is 18.2 Å². The van der Waals surface area contributed by atoms with E-state index >= 15 is 0 Å². The molecule has 0 aliphatic carbocycles. The normalized spacial score (nSPS) is 17.4. The number of piperazine rings is 1. The molecule has 106 valence electrons. The first-order valence-corrected chi connectivity index (χ1v) is 7.07. The standard InChI is InChI=1S/C15H25N3O/c1-17-9-11-18(12-10-17)8-4-7-16-14-5-3-6-15(13-14)19-2/h3,5-6,13,16H,4,7-12H2,1-2H3. The maximum atomic E-state index is 5.21. The summed E-state index contributed by atoms with van der Waals surface area (Å²) in [6.07, 6.45) is 1.18. The van der Waals surface area contributed by atoms with Crippen molar-refractivity contribution in [1.82, 2.24) is 9.80 Å². The number of nitrogens with zero attached hydrogens (tertiary/aromatic N) is 2. The molecular weight excluding hydrogens is 238 g/mol. The highest BCUT2D eigenvalue weighted by atomic mass is 16.5. The Bertz CT molecular complexity index is 375. The van der Waals surface area contributed by atoms with Crippen molar-refractivity contribution in [2.45, 2.75) is 6.42 Å². The summed E-state index contributed by atoms with van der Waals surface area (Å²) >= 11 is 0. The Morgan fingerprint density at radius 3 is 2.74 bits per heavy atom. The number of nitrogens with one attached hydrogen (secondary N) is 1. The quantitative estimate of drug-likeness (QED) is 0.791. The van der Waals surface area contributed by atoms with Crippen molar-refractivity contribution < 1.29 is 4.74 Å². The molecule has 0 atom stereocenters. The molecule has 1 heterocycles. The largest absolute Gasteiger partial charge is 0.497 e. The Morgan fingerprint density at radius 1 is 1.21 bits per heavy atom. The molecule has 0 saturated carbocycles. The summed E-state index contributed by atoms with van der Waals surface area (Å²) in [5, 5.41) is 3.45. The Morgan fingerprint density at radius 2 is 2.00 bits per heavy atom. The van der Waals surface area contributed by atoms with Gasteiger partial charge in [-0.1, -0.05) is 6.07 Å². The summed E-state index contributed by atoms with van der Waals surface area (Å²) in [6, 6.07) is 8.10. The third-order valence-electron chi connectivity index (χ3n) is 3.65. The van der Waals surface area contributed by atoms with Crippen molar-refractivity contribution in [3.63, 3.8) is 0 Å². The zero-order valence-corrected chi connectivity index (χ0v) is 12.1. The van der Waals surface area contributed by atoms with Gasteiger partial charge < -0.3 is 19.9 Å². The second kappa shape index (κ2) is 7.36. The Labute approximate surface area is 116 Å². The fourth-order valence-electron chi connectivity index (χ4n) is 2.34. The van der Waals surface area contributed by atoms with E-state index in [0.29, 0.717) is 0 Å². The molecule has 0 unspecified atom stereocenters. The maximum Gasteiger partial charge on any atom is 0.120 e. The van der Waals surface area contributed by atoms with E-state index in [9.17, 15) is 0 Å². The van der Waals surface area contributed by atoms with E-state index in [-0.39, 0.29) is 0 Å². The van der Waals surface area contributed by atoms with Gasteiger partial charge in [0.25, 0.3) is 0 Å². The number of ether oxygens (including phenoxy) is 1. The molecule has 0 bridgehead atoms. The van der Waals surface area contributed by atoms with Gasteiger partial charge in [-0.2, -0.15) is 0 Å². The molecule has 0 radical (unpaired) electrons. The second-order valence-electron chi connectivity index (χ2n) is 5.16. The van der Waals surface area contributed by atoms with Gasteiger partial charge in [-0.15, -0.1) is 0 Å². The van der Waals surface area contributed by atoms with E-state index in [2.05, 4.69) is 28.2 Å². The summed E-state index contributed by atoms with van der Waals surface area (Å²) in [7, 11) is 3.90. The smallest absolute Gasteiger partial charge is 0.120 e.